The molecule has 1 aliphatic rings. The van der Waals surface area contributed by atoms with Crippen LogP contribution in [0, 0.1) is 5.82 Å². The van der Waals surface area contributed by atoms with E-state index in [1.165, 1.54) is 17.0 Å². The van der Waals surface area contributed by atoms with Crippen molar-refractivity contribution < 1.29 is 18.7 Å². The second kappa shape index (κ2) is 6.37. The van der Waals surface area contributed by atoms with Crippen LogP contribution < -0.4 is 10.2 Å². The number of cyclic esters (lactones) is 1. The van der Waals surface area contributed by atoms with E-state index in [2.05, 4.69) is 21.2 Å². The molecule has 0 saturated carbocycles. The molecule has 1 fully saturated rings. The van der Waals surface area contributed by atoms with Crippen molar-refractivity contribution in [1.29, 1.82) is 0 Å². The molecule has 5 nitrogen and oxygen atoms in total. The molecule has 23 heavy (non-hydrogen) atoms. The van der Waals surface area contributed by atoms with Crippen LogP contribution in [0.3, 0.4) is 0 Å². The monoisotopic (exact) mass is 378 g/mol. The van der Waals surface area contributed by atoms with Gasteiger partial charge in [0.05, 0.1) is 6.54 Å². The van der Waals surface area contributed by atoms with E-state index >= 15 is 0 Å². The Hall–Kier alpha value is -2.41. The van der Waals surface area contributed by atoms with Crippen LogP contribution in [0.4, 0.5) is 20.6 Å². The fourth-order valence-electron chi connectivity index (χ4n) is 2.24. The molecule has 1 N–H and O–H groups in total. The molecule has 2 amide bonds. The van der Waals surface area contributed by atoms with Crippen molar-refractivity contribution in [3.63, 3.8) is 0 Å². The maximum atomic E-state index is 13.3. The largest absolute Gasteiger partial charge is 0.447 e. The molecular formula is C16H12BrFN2O3. The quantitative estimate of drug-likeness (QED) is 0.883. The van der Waals surface area contributed by atoms with E-state index < -0.39 is 11.7 Å². The number of carbonyl (C=O) groups excluding carboxylic acids is 2. The van der Waals surface area contributed by atoms with E-state index in [-0.39, 0.29) is 11.7 Å². The first-order valence-corrected chi connectivity index (χ1v) is 7.64. The lowest BCUT2D eigenvalue weighted by Gasteiger charge is -2.13. The van der Waals surface area contributed by atoms with Gasteiger partial charge in [-0.1, -0.05) is 15.9 Å². The van der Waals surface area contributed by atoms with Crippen molar-refractivity contribution in [2.24, 2.45) is 0 Å². The lowest BCUT2D eigenvalue weighted by molar-refractivity contribution is 0.102. The molecule has 0 atom stereocenters. The minimum absolute atomic E-state index is 0.212. The number of amides is 2. The molecule has 118 valence electrons. The van der Waals surface area contributed by atoms with Crippen LogP contribution in [0.25, 0.3) is 0 Å². The number of ether oxygens (including phenoxy) is 1. The van der Waals surface area contributed by atoms with Gasteiger partial charge in [-0.05, 0) is 42.5 Å². The Morgan fingerprint density at radius 1 is 1.22 bits per heavy atom. The van der Waals surface area contributed by atoms with Gasteiger partial charge in [0, 0.05) is 21.4 Å². The number of benzene rings is 2. The molecule has 2 aromatic rings. The summed E-state index contributed by atoms with van der Waals surface area (Å²) in [5.41, 5.74) is 1.45. The third kappa shape index (κ3) is 3.50. The highest BCUT2D eigenvalue weighted by molar-refractivity contribution is 9.10. The fraction of sp³-hybridized carbons (Fsp3) is 0.125. The summed E-state index contributed by atoms with van der Waals surface area (Å²) in [6.07, 6.45) is -0.383. The van der Waals surface area contributed by atoms with Crippen LogP contribution in [0.5, 0.6) is 0 Å². The molecule has 7 heteroatoms. The zero-order chi connectivity index (χ0) is 16.4. The van der Waals surface area contributed by atoms with Crippen molar-refractivity contribution in [2.75, 3.05) is 23.4 Å². The maximum absolute atomic E-state index is 13.3. The Morgan fingerprint density at radius 3 is 2.57 bits per heavy atom. The maximum Gasteiger partial charge on any atom is 0.414 e. The predicted octanol–water partition coefficient (Wildman–Crippen LogP) is 3.80. The number of nitrogens with zero attached hydrogens (tertiary/aromatic N) is 1. The van der Waals surface area contributed by atoms with Gasteiger partial charge < -0.3 is 10.1 Å². The molecule has 1 saturated heterocycles. The normalized spacial score (nSPS) is 13.8. The van der Waals surface area contributed by atoms with Crippen LogP contribution in [0.1, 0.15) is 10.4 Å². The Balaban J connectivity index is 1.72. The average molecular weight is 379 g/mol. The van der Waals surface area contributed by atoms with E-state index in [1.54, 1.807) is 24.3 Å². The summed E-state index contributed by atoms with van der Waals surface area (Å²) in [5, 5.41) is 2.68. The zero-order valence-electron chi connectivity index (χ0n) is 11.9. The van der Waals surface area contributed by atoms with Gasteiger partial charge >= 0.3 is 6.09 Å². The molecule has 0 radical (unpaired) electrons. The van der Waals surface area contributed by atoms with Crippen LogP contribution >= 0.6 is 15.9 Å². The van der Waals surface area contributed by atoms with Crippen LogP contribution in [0.2, 0.25) is 0 Å². The lowest BCUT2D eigenvalue weighted by atomic mass is 10.2. The first kappa shape index (κ1) is 15.5. The summed E-state index contributed by atoms with van der Waals surface area (Å²) in [5.74, 6) is -0.911. The second-order valence-electron chi connectivity index (χ2n) is 4.93. The summed E-state index contributed by atoms with van der Waals surface area (Å²) in [4.78, 5) is 25.1. The number of carbonyl (C=O) groups is 2. The van der Waals surface area contributed by atoms with Crippen molar-refractivity contribution in [1.82, 2.24) is 0 Å². The third-order valence-corrected chi connectivity index (χ3v) is 3.78. The van der Waals surface area contributed by atoms with Gasteiger partial charge in [0.15, 0.2) is 0 Å². The number of hydrogen-bond acceptors (Lipinski definition) is 3. The van der Waals surface area contributed by atoms with Crippen molar-refractivity contribution in [3.8, 4) is 0 Å². The van der Waals surface area contributed by atoms with Crippen LogP contribution in [0.15, 0.2) is 46.9 Å². The number of hydrogen-bond donors (Lipinski definition) is 1. The Bertz CT molecular complexity index is 744. The highest BCUT2D eigenvalue weighted by Gasteiger charge is 2.23. The van der Waals surface area contributed by atoms with Gasteiger partial charge in [-0.25, -0.2) is 9.18 Å². The summed E-state index contributed by atoms with van der Waals surface area (Å²) < 4.78 is 18.7. The summed E-state index contributed by atoms with van der Waals surface area (Å²) >= 11 is 3.15. The zero-order valence-corrected chi connectivity index (χ0v) is 13.5. The van der Waals surface area contributed by atoms with Gasteiger partial charge in [0.1, 0.15) is 12.4 Å². The lowest BCUT2D eigenvalue weighted by Crippen LogP contribution is -2.23. The summed E-state index contributed by atoms with van der Waals surface area (Å²) in [6, 6.07) is 10.7. The average Bonchev–Trinajstić information content (AvgIpc) is 2.93. The van der Waals surface area contributed by atoms with Gasteiger partial charge in [-0.15, -0.1) is 0 Å². The molecule has 2 aromatic carbocycles. The predicted molar refractivity (Wildman–Crippen MR) is 87.2 cm³/mol. The Labute approximate surface area is 140 Å². The fourth-order valence-corrected chi connectivity index (χ4v) is 2.71. The topological polar surface area (TPSA) is 58.6 Å². The SMILES string of the molecule is O=C(Nc1ccc(N2CCOC2=O)cc1)c1cc(F)cc(Br)c1. The summed E-state index contributed by atoms with van der Waals surface area (Å²) in [7, 11) is 0. The molecular weight excluding hydrogens is 367 g/mol. The first-order chi connectivity index (χ1) is 11.0. The van der Waals surface area contributed by atoms with Crippen molar-refractivity contribution >= 4 is 39.3 Å². The minimum Gasteiger partial charge on any atom is -0.447 e. The highest BCUT2D eigenvalue weighted by atomic mass is 79.9. The number of nitrogens with one attached hydrogen (secondary N) is 1. The molecule has 0 bridgehead atoms. The number of rotatable bonds is 3. The van der Waals surface area contributed by atoms with Crippen molar-refractivity contribution in [2.45, 2.75) is 0 Å². The molecule has 0 unspecified atom stereocenters. The standard InChI is InChI=1S/C16H12BrFN2O3/c17-11-7-10(8-12(18)9-11)15(21)19-13-1-3-14(4-2-13)20-5-6-23-16(20)22/h1-4,7-9H,5-6H2,(H,19,21). The smallest absolute Gasteiger partial charge is 0.414 e. The van der Waals surface area contributed by atoms with E-state index in [0.29, 0.717) is 29.0 Å². The van der Waals surface area contributed by atoms with Gasteiger partial charge in [-0.2, -0.15) is 0 Å². The second-order valence-corrected chi connectivity index (χ2v) is 5.84. The van der Waals surface area contributed by atoms with Gasteiger partial charge in [-0.3, -0.25) is 9.69 Å². The molecule has 0 spiro atoms. The summed E-state index contributed by atoms with van der Waals surface area (Å²) in [6.45, 7) is 0.869. The van der Waals surface area contributed by atoms with E-state index in [4.69, 9.17) is 4.74 Å². The highest BCUT2D eigenvalue weighted by Crippen LogP contribution is 2.22. The first-order valence-electron chi connectivity index (χ1n) is 6.85. The van der Waals surface area contributed by atoms with E-state index in [0.717, 1.165) is 6.07 Å². The number of halogens is 2. The van der Waals surface area contributed by atoms with E-state index in [1.807, 2.05) is 0 Å². The van der Waals surface area contributed by atoms with Gasteiger partial charge in [0.25, 0.3) is 5.91 Å². The Morgan fingerprint density at radius 2 is 1.96 bits per heavy atom. The molecule has 0 aliphatic carbocycles. The molecule has 1 aliphatic heterocycles. The number of anilines is 2. The van der Waals surface area contributed by atoms with Crippen LogP contribution in [-0.4, -0.2) is 25.2 Å². The molecule has 0 aromatic heterocycles. The van der Waals surface area contributed by atoms with Crippen molar-refractivity contribution in [3.05, 3.63) is 58.3 Å². The van der Waals surface area contributed by atoms with Gasteiger partial charge in [0.2, 0.25) is 0 Å². The third-order valence-electron chi connectivity index (χ3n) is 3.32. The minimum atomic E-state index is -0.493. The Kier molecular flexibility index (Phi) is 4.29. The molecule has 1 heterocycles. The van der Waals surface area contributed by atoms with Crippen LogP contribution in [-0.2, 0) is 4.74 Å². The van der Waals surface area contributed by atoms with E-state index in [9.17, 15) is 14.0 Å². The molecule has 3 rings (SSSR count).